The van der Waals surface area contributed by atoms with E-state index >= 15 is 8.78 Å². The van der Waals surface area contributed by atoms with Gasteiger partial charge in [-0.1, -0.05) is 30.4 Å². The number of aromatic nitrogens is 2. The number of hydrogen-bond donors (Lipinski definition) is 0. The monoisotopic (exact) mass is 482 g/mol. The van der Waals surface area contributed by atoms with Gasteiger partial charge in [-0.25, -0.2) is 18.2 Å². The van der Waals surface area contributed by atoms with Crippen LogP contribution in [0.5, 0.6) is 0 Å². The Labute approximate surface area is 200 Å². The Balaban J connectivity index is 1.73. The summed E-state index contributed by atoms with van der Waals surface area (Å²) in [5, 5.41) is 0.137. The van der Waals surface area contributed by atoms with Gasteiger partial charge in [0.15, 0.2) is 16.6 Å². The Bertz CT molecular complexity index is 1480. The van der Waals surface area contributed by atoms with Gasteiger partial charge in [-0.3, -0.25) is 4.79 Å². The predicted octanol–water partition coefficient (Wildman–Crippen LogP) is 5.96. The molecule has 5 nitrogen and oxygen atoms in total. The van der Waals surface area contributed by atoms with E-state index in [4.69, 9.17) is 0 Å². The van der Waals surface area contributed by atoms with Gasteiger partial charge < -0.3 is 9.80 Å². The van der Waals surface area contributed by atoms with Gasteiger partial charge in [-0.2, -0.15) is 0 Å². The second-order valence-corrected chi connectivity index (χ2v) is 10.9. The second kappa shape index (κ2) is 8.18. The smallest absolute Gasteiger partial charge is 0.268 e. The van der Waals surface area contributed by atoms with Crippen LogP contribution in [0.15, 0.2) is 29.1 Å². The summed E-state index contributed by atoms with van der Waals surface area (Å²) in [5.41, 5.74) is 1.21. The third-order valence-electron chi connectivity index (χ3n) is 7.49. The molecule has 0 spiro atoms. The van der Waals surface area contributed by atoms with E-state index in [1.807, 2.05) is 41.0 Å². The number of imidazole rings is 1. The standard InChI is InChI=1S/C26H28F2N4OS/c1-15-8-7-12-30(14-15)22-19-24(21(28)23(20(22)27)31-13-6-5-9-16(31)2)34-26-29-17-10-3-4-11-18(17)32(26)25(19)33/h3-4,10-11,15-16H,5-9,12-14H2,1-2H3/t15-,16+/m1/s1. The van der Waals surface area contributed by atoms with E-state index in [0.717, 1.165) is 43.4 Å². The number of benzene rings is 2. The third-order valence-corrected chi connectivity index (χ3v) is 8.53. The van der Waals surface area contributed by atoms with Crippen molar-refractivity contribution in [2.45, 2.75) is 52.0 Å². The van der Waals surface area contributed by atoms with E-state index in [1.54, 1.807) is 0 Å². The van der Waals surface area contributed by atoms with E-state index in [0.29, 0.717) is 41.5 Å². The summed E-state index contributed by atoms with van der Waals surface area (Å²) in [4.78, 5) is 22.8. The average molecular weight is 483 g/mol. The Morgan fingerprint density at radius 3 is 2.62 bits per heavy atom. The molecule has 2 aromatic carbocycles. The van der Waals surface area contributed by atoms with E-state index in [1.165, 1.54) is 4.40 Å². The highest BCUT2D eigenvalue weighted by Crippen LogP contribution is 2.43. The fourth-order valence-corrected chi connectivity index (χ4v) is 6.85. The van der Waals surface area contributed by atoms with Crippen molar-refractivity contribution in [2.75, 3.05) is 29.4 Å². The minimum atomic E-state index is -0.633. The molecule has 2 atom stereocenters. The van der Waals surface area contributed by atoms with Crippen molar-refractivity contribution in [3.63, 3.8) is 0 Å². The minimum absolute atomic E-state index is 0.0176. The first kappa shape index (κ1) is 21.8. The van der Waals surface area contributed by atoms with Gasteiger partial charge >= 0.3 is 0 Å². The number of nitrogens with zero attached hydrogens (tertiary/aromatic N) is 4. The van der Waals surface area contributed by atoms with Crippen LogP contribution in [0.1, 0.15) is 46.0 Å². The van der Waals surface area contributed by atoms with Crippen LogP contribution in [0.4, 0.5) is 20.2 Å². The van der Waals surface area contributed by atoms with Crippen molar-refractivity contribution in [1.82, 2.24) is 9.38 Å². The van der Waals surface area contributed by atoms with E-state index in [2.05, 4.69) is 11.9 Å². The maximum atomic E-state index is 16.5. The van der Waals surface area contributed by atoms with Gasteiger partial charge in [0.1, 0.15) is 5.69 Å². The zero-order valence-electron chi connectivity index (χ0n) is 19.5. The topological polar surface area (TPSA) is 40.9 Å². The maximum absolute atomic E-state index is 16.5. The molecule has 2 aliphatic rings. The van der Waals surface area contributed by atoms with Crippen molar-refractivity contribution in [2.24, 2.45) is 5.92 Å². The van der Waals surface area contributed by atoms with Gasteiger partial charge in [-0.15, -0.1) is 0 Å². The summed E-state index contributed by atoms with van der Waals surface area (Å²) in [6.07, 6.45) is 4.84. The molecule has 0 radical (unpaired) electrons. The molecule has 0 aliphatic carbocycles. The number of fused-ring (bicyclic) bond motifs is 4. The predicted molar refractivity (Wildman–Crippen MR) is 136 cm³/mol. The highest BCUT2D eigenvalue weighted by molar-refractivity contribution is 7.23. The third kappa shape index (κ3) is 3.21. The largest absolute Gasteiger partial charge is 0.368 e. The Hall–Kier alpha value is -2.74. The first-order valence-electron chi connectivity index (χ1n) is 12.2. The molecule has 2 aliphatic heterocycles. The van der Waals surface area contributed by atoms with Crippen LogP contribution in [0.25, 0.3) is 26.1 Å². The zero-order valence-corrected chi connectivity index (χ0v) is 20.3. The molecule has 2 saturated heterocycles. The zero-order chi connectivity index (χ0) is 23.6. The van der Waals surface area contributed by atoms with Crippen molar-refractivity contribution < 1.29 is 8.78 Å². The molecular formula is C26H28F2N4OS. The fraction of sp³-hybridized carbons (Fsp3) is 0.462. The highest BCUT2D eigenvalue weighted by Gasteiger charge is 2.33. The van der Waals surface area contributed by atoms with Crippen molar-refractivity contribution in [3.05, 3.63) is 46.3 Å². The van der Waals surface area contributed by atoms with E-state index < -0.39 is 17.2 Å². The molecule has 2 aromatic heterocycles. The average Bonchev–Trinajstić information content (AvgIpc) is 3.20. The van der Waals surface area contributed by atoms with Gasteiger partial charge in [0.25, 0.3) is 5.56 Å². The van der Waals surface area contributed by atoms with Crippen LogP contribution in [-0.2, 0) is 0 Å². The molecule has 0 N–H and O–H groups in total. The summed E-state index contributed by atoms with van der Waals surface area (Å²) in [6, 6.07) is 7.41. The van der Waals surface area contributed by atoms with Gasteiger partial charge in [0, 0.05) is 25.7 Å². The molecule has 6 rings (SSSR count). The summed E-state index contributed by atoms with van der Waals surface area (Å²) in [6.45, 7) is 6.09. The minimum Gasteiger partial charge on any atom is -0.368 e. The van der Waals surface area contributed by atoms with Gasteiger partial charge in [-0.05, 0) is 57.1 Å². The molecule has 0 saturated carbocycles. The molecule has 34 heavy (non-hydrogen) atoms. The molecule has 0 amide bonds. The fourth-order valence-electron chi connectivity index (χ4n) is 5.78. The van der Waals surface area contributed by atoms with Crippen molar-refractivity contribution in [3.8, 4) is 0 Å². The van der Waals surface area contributed by atoms with Crippen LogP contribution in [0.3, 0.4) is 0 Å². The number of anilines is 2. The van der Waals surface area contributed by atoms with Crippen molar-refractivity contribution in [1.29, 1.82) is 0 Å². The molecule has 4 aromatic rings. The lowest BCUT2D eigenvalue weighted by Crippen LogP contribution is -2.40. The quantitative estimate of drug-likeness (QED) is 0.354. The number of rotatable bonds is 2. The summed E-state index contributed by atoms with van der Waals surface area (Å²) < 4.78 is 34.4. The molecule has 2 fully saturated rings. The molecular weight excluding hydrogens is 454 g/mol. The van der Waals surface area contributed by atoms with Crippen LogP contribution < -0.4 is 15.4 Å². The number of piperidine rings is 2. The molecule has 0 bridgehead atoms. The number of para-hydroxylation sites is 2. The first-order chi connectivity index (χ1) is 16.5. The lowest BCUT2D eigenvalue weighted by atomic mass is 9.98. The first-order valence-corrected chi connectivity index (χ1v) is 13.0. The van der Waals surface area contributed by atoms with Crippen LogP contribution in [0, 0.1) is 17.6 Å². The van der Waals surface area contributed by atoms with Gasteiger partial charge in [0.2, 0.25) is 0 Å². The lowest BCUT2D eigenvalue weighted by molar-refractivity contribution is 0.439. The lowest BCUT2D eigenvalue weighted by Gasteiger charge is -2.38. The molecule has 8 heteroatoms. The van der Waals surface area contributed by atoms with Crippen LogP contribution in [-0.4, -0.2) is 35.1 Å². The summed E-state index contributed by atoms with van der Waals surface area (Å²) in [7, 11) is 0. The van der Waals surface area contributed by atoms with E-state index in [-0.39, 0.29) is 27.5 Å². The Kier molecular flexibility index (Phi) is 5.24. The maximum Gasteiger partial charge on any atom is 0.268 e. The number of halogens is 2. The van der Waals surface area contributed by atoms with Crippen LogP contribution >= 0.6 is 11.3 Å². The summed E-state index contributed by atoms with van der Waals surface area (Å²) in [5.74, 6) is -0.852. The SMILES string of the molecule is C[C@@H]1CCCN(c2c(F)c(N3CCCC[C@@H]3C)c(F)c3sc4nc5ccccc5n4c(=O)c23)C1. The normalized spacial score (nSPS) is 21.8. The van der Waals surface area contributed by atoms with Crippen molar-refractivity contribution >= 4 is 48.8 Å². The Morgan fingerprint density at radius 2 is 1.82 bits per heavy atom. The van der Waals surface area contributed by atoms with E-state index in [9.17, 15) is 4.79 Å². The second-order valence-electron chi connectivity index (χ2n) is 9.89. The Morgan fingerprint density at radius 1 is 1.00 bits per heavy atom. The molecule has 178 valence electrons. The number of hydrogen-bond acceptors (Lipinski definition) is 5. The molecule has 0 unspecified atom stereocenters. The molecule has 4 heterocycles. The summed E-state index contributed by atoms with van der Waals surface area (Å²) >= 11 is 1.14. The highest BCUT2D eigenvalue weighted by atomic mass is 32.1. The van der Waals surface area contributed by atoms with Crippen LogP contribution in [0.2, 0.25) is 0 Å². The van der Waals surface area contributed by atoms with Gasteiger partial charge in [0.05, 0.1) is 26.8 Å².